The Hall–Kier alpha value is -1.06. The Bertz CT molecular complexity index is 421. The molecule has 0 bridgehead atoms. The molecule has 1 saturated carbocycles. The molecule has 0 saturated heterocycles. The molecular formula is C18H30N2O. The summed E-state index contributed by atoms with van der Waals surface area (Å²) >= 11 is 0. The van der Waals surface area contributed by atoms with Gasteiger partial charge in [-0.1, -0.05) is 31.9 Å². The van der Waals surface area contributed by atoms with E-state index in [0.29, 0.717) is 12.0 Å². The standard InChI is InChI=1S/C18H30N2O/c1-3-20(18-10-5-4-8-16(18)14-19)11-12-21-17-9-6-7-15(2)13-17/h6-7,9,13,16,18H,3-5,8,10-12,14,19H2,1-2H3. The maximum atomic E-state index is 5.96. The van der Waals surface area contributed by atoms with Crippen molar-refractivity contribution >= 4 is 0 Å². The van der Waals surface area contributed by atoms with Crippen molar-refractivity contribution in [3.63, 3.8) is 0 Å². The molecule has 118 valence electrons. The van der Waals surface area contributed by atoms with Crippen LogP contribution in [0.1, 0.15) is 38.2 Å². The third-order valence-electron chi connectivity index (χ3n) is 4.68. The van der Waals surface area contributed by atoms with Gasteiger partial charge in [-0.15, -0.1) is 0 Å². The van der Waals surface area contributed by atoms with Crippen LogP contribution in [0, 0.1) is 12.8 Å². The van der Waals surface area contributed by atoms with Crippen molar-refractivity contribution in [3.8, 4) is 5.75 Å². The Labute approximate surface area is 129 Å². The van der Waals surface area contributed by atoms with Crippen molar-refractivity contribution in [2.45, 2.75) is 45.6 Å². The molecule has 0 spiro atoms. The smallest absolute Gasteiger partial charge is 0.119 e. The molecule has 0 radical (unpaired) electrons. The topological polar surface area (TPSA) is 38.5 Å². The average Bonchev–Trinajstić information content (AvgIpc) is 2.52. The highest BCUT2D eigenvalue weighted by Crippen LogP contribution is 2.27. The normalized spacial score (nSPS) is 22.5. The third-order valence-corrected chi connectivity index (χ3v) is 4.68. The summed E-state index contributed by atoms with van der Waals surface area (Å²) in [5.41, 5.74) is 7.21. The van der Waals surface area contributed by atoms with Gasteiger partial charge in [-0.25, -0.2) is 0 Å². The predicted octanol–water partition coefficient (Wildman–Crippen LogP) is 3.21. The molecular weight excluding hydrogens is 260 g/mol. The quantitative estimate of drug-likeness (QED) is 0.838. The Balaban J connectivity index is 1.84. The van der Waals surface area contributed by atoms with Gasteiger partial charge in [-0.3, -0.25) is 4.90 Å². The van der Waals surface area contributed by atoms with Crippen molar-refractivity contribution < 1.29 is 4.74 Å². The molecule has 2 rings (SSSR count). The molecule has 3 nitrogen and oxygen atoms in total. The fourth-order valence-electron chi connectivity index (χ4n) is 3.49. The fraction of sp³-hybridized carbons (Fsp3) is 0.667. The number of aryl methyl sites for hydroxylation is 1. The number of ether oxygens (including phenoxy) is 1. The van der Waals surface area contributed by atoms with E-state index in [0.717, 1.165) is 32.0 Å². The van der Waals surface area contributed by atoms with Gasteiger partial charge < -0.3 is 10.5 Å². The Morgan fingerprint density at radius 3 is 2.81 bits per heavy atom. The van der Waals surface area contributed by atoms with Gasteiger partial charge in [0, 0.05) is 12.6 Å². The first kappa shape index (κ1) is 16.3. The lowest BCUT2D eigenvalue weighted by atomic mass is 9.83. The highest BCUT2D eigenvalue weighted by atomic mass is 16.5. The molecule has 1 aromatic carbocycles. The molecule has 0 heterocycles. The predicted molar refractivity (Wildman–Crippen MR) is 88.7 cm³/mol. The molecule has 2 N–H and O–H groups in total. The highest BCUT2D eigenvalue weighted by Gasteiger charge is 2.28. The minimum Gasteiger partial charge on any atom is -0.492 e. The summed E-state index contributed by atoms with van der Waals surface area (Å²) < 4.78 is 5.91. The van der Waals surface area contributed by atoms with Crippen LogP contribution in [0.3, 0.4) is 0 Å². The van der Waals surface area contributed by atoms with Crippen LogP contribution >= 0.6 is 0 Å². The zero-order valence-electron chi connectivity index (χ0n) is 13.6. The van der Waals surface area contributed by atoms with Crippen molar-refractivity contribution in [2.75, 3.05) is 26.2 Å². The summed E-state index contributed by atoms with van der Waals surface area (Å²) in [6.45, 7) is 7.99. The van der Waals surface area contributed by atoms with E-state index in [9.17, 15) is 0 Å². The lowest BCUT2D eigenvalue weighted by Crippen LogP contribution is -2.46. The summed E-state index contributed by atoms with van der Waals surface area (Å²) in [7, 11) is 0. The molecule has 21 heavy (non-hydrogen) atoms. The highest BCUT2D eigenvalue weighted by molar-refractivity contribution is 5.27. The lowest BCUT2D eigenvalue weighted by Gasteiger charge is -2.39. The molecule has 0 amide bonds. The summed E-state index contributed by atoms with van der Waals surface area (Å²) in [5, 5.41) is 0. The zero-order chi connectivity index (χ0) is 15.1. The number of hydrogen-bond donors (Lipinski definition) is 1. The largest absolute Gasteiger partial charge is 0.492 e. The van der Waals surface area contributed by atoms with Gasteiger partial charge >= 0.3 is 0 Å². The Kier molecular flexibility index (Phi) is 6.52. The lowest BCUT2D eigenvalue weighted by molar-refractivity contribution is 0.0958. The van der Waals surface area contributed by atoms with Gasteiger partial charge in [0.15, 0.2) is 0 Å². The average molecular weight is 290 g/mol. The molecule has 2 unspecified atom stereocenters. The molecule has 1 fully saturated rings. The van der Waals surface area contributed by atoms with Crippen LogP contribution in [0.5, 0.6) is 5.75 Å². The summed E-state index contributed by atoms with van der Waals surface area (Å²) in [5.74, 6) is 1.64. The summed E-state index contributed by atoms with van der Waals surface area (Å²) in [6, 6.07) is 8.92. The molecule has 3 heteroatoms. The molecule has 1 aliphatic rings. The van der Waals surface area contributed by atoms with Gasteiger partial charge in [0.2, 0.25) is 0 Å². The fourth-order valence-corrected chi connectivity index (χ4v) is 3.49. The number of hydrogen-bond acceptors (Lipinski definition) is 3. The van der Waals surface area contributed by atoms with E-state index in [1.807, 2.05) is 12.1 Å². The molecule has 0 aromatic heterocycles. The van der Waals surface area contributed by atoms with E-state index >= 15 is 0 Å². The minimum absolute atomic E-state index is 0.648. The van der Waals surface area contributed by atoms with Gasteiger partial charge in [-0.05, 0) is 56.5 Å². The van der Waals surface area contributed by atoms with E-state index in [-0.39, 0.29) is 0 Å². The van der Waals surface area contributed by atoms with Crippen molar-refractivity contribution in [1.29, 1.82) is 0 Å². The maximum absolute atomic E-state index is 5.96. The van der Waals surface area contributed by atoms with E-state index in [4.69, 9.17) is 10.5 Å². The van der Waals surface area contributed by atoms with Gasteiger partial charge in [0.25, 0.3) is 0 Å². The van der Waals surface area contributed by atoms with Crippen LogP contribution in [0.2, 0.25) is 0 Å². The van der Waals surface area contributed by atoms with E-state index < -0.39 is 0 Å². The van der Waals surface area contributed by atoms with Gasteiger partial charge in [0.05, 0.1) is 0 Å². The first-order valence-electron chi connectivity index (χ1n) is 8.38. The van der Waals surface area contributed by atoms with Crippen LogP contribution in [-0.2, 0) is 0 Å². The van der Waals surface area contributed by atoms with Crippen molar-refractivity contribution in [2.24, 2.45) is 11.7 Å². The summed E-state index contributed by atoms with van der Waals surface area (Å²) in [6.07, 6.45) is 5.27. The second-order valence-corrected chi connectivity index (χ2v) is 6.14. The van der Waals surface area contributed by atoms with E-state index in [1.165, 1.54) is 31.2 Å². The number of rotatable bonds is 7. The third kappa shape index (κ3) is 4.72. The number of nitrogens with zero attached hydrogens (tertiary/aromatic N) is 1. The maximum Gasteiger partial charge on any atom is 0.119 e. The monoisotopic (exact) mass is 290 g/mol. The molecule has 2 atom stereocenters. The van der Waals surface area contributed by atoms with Crippen LogP contribution in [0.25, 0.3) is 0 Å². The van der Waals surface area contributed by atoms with Crippen LogP contribution in [-0.4, -0.2) is 37.2 Å². The van der Waals surface area contributed by atoms with Crippen LogP contribution in [0.4, 0.5) is 0 Å². The van der Waals surface area contributed by atoms with E-state index in [2.05, 4.69) is 30.9 Å². The Morgan fingerprint density at radius 2 is 2.10 bits per heavy atom. The molecule has 0 aliphatic heterocycles. The zero-order valence-corrected chi connectivity index (χ0v) is 13.6. The molecule has 1 aliphatic carbocycles. The van der Waals surface area contributed by atoms with E-state index in [1.54, 1.807) is 0 Å². The second-order valence-electron chi connectivity index (χ2n) is 6.14. The Morgan fingerprint density at radius 1 is 1.29 bits per heavy atom. The number of likely N-dealkylation sites (N-methyl/N-ethyl adjacent to an activating group) is 1. The number of benzene rings is 1. The van der Waals surface area contributed by atoms with Gasteiger partial charge in [0.1, 0.15) is 12.4 Å². The second kappa shape index (κ2) is 8.40. The van der Waals surface area contributed by atoms with Gasteiger partial charge in [-0.2, -0.15) is 0 Å². The van der Waals surface area contributed by atoms with Crippen molar-refractivity contribution in [3.05, 3.63) is 29.8 Å². The first-order chi connectivity index (χ1) is 10.2. The molecule has 1 aromatic rings. The number of nitrogens with two attached hydrogens (primary N) is 1. The SMILES string of the molecule is CCN(CCOc1cccc(C)c1)C1CCCCC1CN. The van der Waals surface area contributed by atoms with Crippen LogP contribution in [0.15, 0.2) is 24.3 Å². The summed E-state index contributed by atoms with van der Waals surface area (Å²) in [4.78, 5) is 2.56. The van der Waals surface area contributed by atoms with Crippen molar-refractivity contribution in [1.82, 2.24) is 4.90 Å². The minimum atomic E-state index is 0.648. The first-order valence-corrected chi connectivity index (χ1v) is 8.38. The van der Waals surface area contributed by atoms with Crippen LogP contribution < -0.4 is 10.5 Å².